The highest BCUT2D eigenvalue weighted by Gasteiger charge is 2.32. The van der Waals surface area contributed by atoms with Crippen molar-refractivity contribution in [3.05, 3.63) is 34.9 Å². The van der Waals surface area contributed by atoms with Crippen LogP contribution in [-0.4, -0.2) is 11.8 Å². The lowest BCUT2D eigenvalue weighted by Crippen LogP contribution is -2.37. The molecule has 2 atom stereocenters. The van der Waals surface area contributed by atoms with E-state index in [4.69, 9.17) is 0 Å². The highest BCUT2D eigenvalue weighted by Crippen LogP contribution is 2.42. The molecular weight excluding hydrogens is 274 g/mol. The van der Waals surface area contributed by atoms with E-state index in [2.05, 4.69) is 76.8 Å². The Morgan fingerprint density at radius 3 is 2.57 bits per heavy atom. The summed E-state index contributed by atoms with van der Waals surface area (Å²) in [6.45, 7) is 15.0. The average Bonchev–Trinajstić information content (AvgIpc) is 2.42. The number of rotatable bonds is 4. The molecule has 118 valence electrons. The summed E-state index contributed by atoms with van der Waals surface area (Å²) in [5.41, 5.74) is 4.76. The molecule has 2 rings (SSSR count). The molecule has 1 aromatic carbocycles. The number of thioether (sulfide) groups is 1. The van der Waals surface area contributed by atoms with E-state index in [1.54, 1.807) is 5.56 Å². The van der Waals surface area contributed by atoms with E-state index in [9.17, 15) is 0 Å². The van der Waals surface area contributed by atoms with Gasteiger partial charge in [0.2, 0.25) is 0 Å². The predicted molar refractivity (Wildman–Crippen MR) is 96.1 cm³/mol. The molecule has 1 aromatic rings. The Morgan fingerprint density at radius 2 is 2.00 bits per heavy atom. The van der Waals surface area contributed by atoms with E-state index in [1.165, 1.54) is 17.5 Å². The predicted octanol–water partition coefficient (Wildman–Crippen LogP) is 5.30. The average molecular weight is 306 g/mol. The standard InChI is InChI=1S/C19H31NS/c1-7-10-20-17-16-11-15(19(4,5)6)9-8-14(16)12-21-18(17)13(2)3/h8-9,11,13,17-18,20H,7,10,12H2,1-6H3. The smallest absolute Gasteiger partial charge is 0.0446 e. The van der Waals surface area contributed by atoms with Crippen LogP contribution < -0.4 is 5.32 Å². The molecule has 0 aromatic heterocycles. The SMILES string of the molecule is CCCNC1c2cc(C(C)(C)C)ccc2CSC1C(C)C. The number of hydrogen-bond acceptors (Lipinski definition) is 2. The van der Waals surface area contributed by atoms with Gasteiger partial charge in [0.05, 0.1) is 0 Å². The second kappa shape index (κ2) is 6.75. The van der Waals surface area contributed by atoms with Crippen LogP contribution >= 0.6 is 11.8 Å². The molecule has 1 aliphatic rings. The number of nitrogens with one attached hydrogen (secondary N) is 1. The van der Waals surface area contributed by atoms with Gasteiger partial charge in [-0.3, -0.25) is 0 Å². The third-order valence-electron chi connectivity index (χ3n) is 4.38. The van der Waals surface area contributed by atoms with Crippen LogP contribution in [0.1, 0.15) is 70.7 Å². The van der Waals surface area contributed by atoms with E-state index in [0.29, 0.717) is 17.2 Å². The summed E-state index contributed by atoms with van der Waals surface area (Å²) in [6, 6.07) is 7.66. The fourth-order valence-corrected chi connectivity index (χ4v) is 4.50. The first-order valence-corrected chi connectivity index (χ1v) is 9.37. The molecule has 1 aliphatic heterocycles. The molecule has 0 saturated heterocycles. The summed E-state index contributed by atoms with van der Waals surface area (Å²) in [7, 11) is 0. The lowest BCUT2D eigenvalue weighted by molar-refractivity contribution is 0.437. The Kier molecular flexibility index (Phi) is 5.43. The Bertz CT molecular complexity index is 473. The first kappa shape index (κ1) is 16.9. The van der Waals surface area contributed by atoms with Gasteiger partial charge in [0.25, 0.3) is 0 Å². The molecule has 1 N–H and O–H groups in total. The van der Waals surface area contributed by atoms with Crippen LogP contribution in [-0.2, 0) is 11.2 Å². The molecule has 2 heteroatoms. The highest BCUT2D eigenvalue weighted by molar-refractivity contribution is 7.99. The molecule has 0 amide bonds. The van der Waals surface area contributed by atoms with Crippen LogP contribution in [0, 0.1) is 5.92 Å². The van der Waals surface area contributed by atoms with Crippen molar-refractivity contribution >= 4 is 11.8 Å². The van der Waals surface area contributed by atoms with Gasteiger partial charge in [0, 0.05) is 17.0 Å². The zero-order chi connectivity index (χ0) is 15.6. The molecule has 0 spiro atoms. The number of hydrogen-bond donors (Lipinski definition) is 1. The van der Waals surface area contributed by atoms with Gasteiger partial charge < -0.3 is 5.32 Å². The monoisotopic (exact) mass is 305 g/mol. The molecule has 0 saturated carbocycles. The van der Waals surface area contributed by atoms with E-state index in [-0.39, 0.29) is 5.41 Å². The van der Waals surface area contributed by atoms with E-state index >= 15 is 0 Å². The van der Waals surface area contributed by atoms with Crippen LogP contribution in [0.4, 0.5) is 0 Å². The van der Waals surface area contributed by atoms with Crippen molar-refractivity contribution in [1.82, 2.24) is 5.32 Å². The van der Waals surface area contributed by atoms with Crippen molar-refractivity contribution in [2.45, 2.75) is 70.4 Å². The van der Waals surface area contributed by atoms with Crippen LogP contribution in [0.5, 0.6) is 0 Å². The molecule has 0 radical (unpaired) electrons. The first-order valence-electron chi connectivity index (χ1n) is 8.33. The minimum Gasteiger partial charge on any atom is -0.309 e. The highest BCUT2D eigenvalue weighted by atomic mass is 32.2. The normalized spacial score (nSPS) is 22.4. The number of fused-ring (bicyclic) bond motifs is 1. The topological polar surface area (TPSA) is 12.0 Å². The van der Waals surface area contributed by atoms with Gasteiger partial charge in [-0.1, -0.05) is 59.7 Å². The largest absolute Gasteiger partial charge is 0.309 e. The van der Waals surface area contributed by atoms with Gasteiger partial charge in [0.15, 0.2) is 0 Å². The van der Waals surface area contributed by atoms with Crippen molar-refractivity contribution in [2.24, 2.45) is 5.92 Å². The molecule has 2 unspecified atom stereocenters. The summed E-state index contributed by atoms with van der Waals surface area (Å²) >= 11 is 2.12. The molecular formula is C19H31NS. The lowest BCUT2D eigenvalue weighted by atomic mass is 9.83. The van der Waals surface area contributed by atoms with Gasteiger partial charge in [-0.25, -0.2) is 0 Å². The Hall–Kier alpha value is -0.470. The summed E-state index contributed by atoms with van der Waals surface area (Å²) in [5.74, 6) is 1.86. The fourth-order valence-electron chi connectivity index (χ4n) is 3.04. The van der Waals surface area contributed by atoms with Crippen molar-refractivity contribution in [3.63, 3.8) is 0 Å². The van der Waals surface area contributed by atoms with Gasteiger partial charge in [0.1, 0.15) is 0 Å². The number of benzene rings is 1. The molecule has 1 heterocycles. The van der Waals surface area contributed by atoms with E-state index in [1.807, 2.05) is 0 Å². The summed E-state index contributed by atoms with van der Waals surface area (Å²) in [4.78, 5) is 0. The summed E-state index contributed by atoms with van der Waals surface area (Å²) in [5, 5.41) is 4.50. The van der Waals surface area contributed by atoms with Gasteiger partial charge in [-0.2, -0.15) is 11.8 Å². The zero-order valence-electron chi connectivity index (χ0n) is 14.5. The minimum atomic E-state index is 0.224. The zero-order valence-corrected chi connectivity index (χ0v) is 15.3. The second-order valence-electron chi connectivity index (χ2n) is 7.62. The first-order chi connectivity index (χ1) is 9.84. The molecule has 0 aliphatic carbocycles. The second-order valence-corrected chi connectivity index (χ2v) is 8.78. The van der Waals surface area contributed by atoms with Crippen LogP contribution in [0.3, 0.4) is 0 Å². The van der Waals surface area contributed by atoms with Crippen LogP contribution in [0.2, 0.25) is 0 Å². The van der Waals surface area contributed by atoms with Crippen molar-refractivity contribution in [2.75, 3.05) is 6.54 Å². The Balaban J connectivity index is 2.40. The van der Waals surface area contributed by atoms with Gasteiger partial charge in [-0.05, 0) is 41.0 Å². The third-order valence-corrected chi connectivity index (χ3v) is 6.06. The van der Waals surface area contributed by atoms with Crippen molar-refractivity contribution < 1.29 is 0 Å². The molecule has 0 bridgehead atoms. The Labute approximate surface area is 135 Å². The van der Waals surface area contributed by atoms with E-state index in [0.717, 1.165) is 12.3 Å². The molecule has 21 heavy (non-hydrogen) atoms. The maximum atomic E-state index is 3.82. The minimum absolute atomic E-state index is 0.224. The maximum Gasteiger partial charge on any atom is 0.0446 e. The molecule has 0 fully saturated rings. The van der Waals surface area contributed by atoms with E-state index < -0.39 is 0 Å². The Morgan fingerprint density at radius 1 is 1.29 bits per heavy atom. The third kappa shape index (κ3) is 3.84. The van der Waals surface area contributed by atoms with Crippen molar-refractivity contribution in [3.8, 4) is 0 Å². The van der Waals surface area contributed by atoms with Crippen LogP contribution in [0.25, 0.3) is 0 Å². The van der Waals surface area contributed by atoms with Crippen LogP contribution in [0.15, 0.2) is 18.2 Å². The quantitative estimate of drug-likeness (QED) is 0.810. The van der Waals surface area contributed by atoms with Gasteiger partial charge >= 0.3 is 0 Å². The van der Waals surface area contributed by atoms with Gasteiger partial charge in [-0.15, -0.1) is 0 Å². The molecule has 1 nitrogen and oxygen atoms in total. The fraction of sp³-hybridized carbons (Fsp3) is 0.684. The maximum absolute atomic E-state index is 3.82. The lowest BCUT2D eigenvalue weighted by Gasteiger charge is -2.37. The van der Waals surface area contributed by atoms with Crippen molar-refractivity contribution in [1.29, 1.82) is 0 Å². The summed E-state index contributed by atoms with van der Waals surface area (Å²) in [6.07, 6.45) is 1.19. The summed E-state index contributed by atoms with van der Waals surface area (Å²) < 4.78 is 0.